The van der Waals surface area contributed by atoms with E-state index in [2.05, 4.69) is 0 Å². The van der Waals surface area contributed by atoms with E-state index in [0.29, 0.717) is 20.9 Å². The Morgan fingerprint density at radius 2 is 1.60 bits per heavy atom. The van der Waals surface area contributed by atoms with Gasteiger partial charge in [0.05, 0.1) is 0 Å². The number of hydrogen-bond donors (Lipinski definition) is 1. The summed E-state index contributed by atoms with van der Waals surface area (Å²) < 4.78 is 25.9. The van der Waals surface area contributed by atoms with Gasteiger partial charge in [-0.05, 0) is 0 Å². The Bertz CT molecular complexity index is 90.1. The molecule has 0 heterocycles. The Labute approximate surface area is 41.5 Å². The van der Waals surface area contributed by atoms with Crippen molar-refractivity contribution in [1.82, 2.24) is 0 Å². The van der Waals surface area contributed by atoms with E-state index in [4.69, 9.17) is 4.55 Å². The van der Waals surface area contributed by atoms with Crippen LogP contribution in [0.1, 0.15) is 0 Å². The summed E-state index contributed by atoms with van der Waals surface area (Å²) in [7, 11) is -3.66. The zero-order valence-corrected chi connectivity index (χ0v) is 5.23. The molecule has 0 amide bonds. The van der Waals surface area contributed by atoms with Crippen LogP contribution in [-0.4, -0.2) is 33.9 Å². The van der Waals surface area contributed by atoms with Crippen LogP contribution in [0, 0.1) is 0 Å². The third-order valence-corrected chi connectivity index (χ3v) is 0. The first-order valence-electron chi connectivity index (χ1n) is 0.683. The monoisotopic (exact) mass is 211 g/mol. The Balaban J connectivity index is 4.06. The Kier molecular flexibility index (Phi) is 1.63. The van der Waals surface area contributed by atoms with Gasteiger partial charge in [-0.2, -0.15) is 0 Å². The molecule has 0 rings (SSSR count). The van der Waals surface area contributed by atoms with E-state index in [1.165, 1.54) is 0 Å². The summed E-state index contributed by atoms with van der Waals surface area (Å²) in [6, 6.07) is 0. The predicted octanol–water partition coefficient (Wildman–Crippen LogP) is -1.04. The van der Waals surface area contributed by atoms with E-state index in [-0.39, 0.29) is 0 Å². The quantitative estimate of drug-likeness (QED) is 0.409. The molecule has 3 nitrogen and oxygen atoms in total. The van der Waals surface area contributed by atoms with Gasteiger partial charge in [-0.25, -0.2) is 0 Å². The molecule has 0 aliphatic heterocycles. The summed E-state index contributed by atoms with van der Waals surface area (Å²) in [5.74, 6) is 0. The van der Waals surface area contributed by atoms with Gasteiger partial charge < -0.3 is 0 Å². The molecule has 0 aliphatic carbocycles. The second-order valence-electron chi connectivity index (χ2n) is 0.428. The van der Waals surface area contributed by atoms with E-state index in [9.17, 15) is 8.42 Å². The molecule has 0 aliphatic rings. The van der Waals surface area contributed by atoms with Crippen molar-refractivity contribution in [1.29, 1.82) is 0 Å². The summed E-state index contributed by atoms with van der Waals surface area (Å²) in [5.41, 5.74) is 0. The van der Waals surface area contributed by atoms with E-state index >= 15 is 0 Å². The molecule has 31 valence electrons. The normalized spacial score (nSPS) is 11.6. The first-order valence-corrected chi connectivity index (χ1v) is 4.90. The van der Waals surface area contributed by atoms with Gasteiger partial charge in [0.25, 0.3) is 0 Å². The standard InChI is InChI=1S/HO3STe/c1-4(2,3)5/h(H,1,2,3). The zero-order chi connectivity index (χ0) is 4.50. The topological polar surface area (TPSA) is 54.4 Å². The Morgan fingerprint density at radius 3 is 1.60 bits per heavy atom. The van der Waals surface area contributed by atoms with Gasteiger partial charge in [-0.15, -0.1) is 0 Å². The molecule has 1 N–H and O–H groups in total. The van der Waals surface area contributed by atoms with E-state index in [1.54, 1.807) is 0 Å². The first-order chi connectivity index (χ1) is 2.00. The molecule has 0 aromatic heterocycles. The van der Waals surface area contributed by atoms with Crippen LogP contribution in [0.2, 0.25) is 0 Å². The fourth-order valence-electron chi connectivity index (χ4n) is 0. The van der Waals surface area contributed by atoms with Crippen LogP contribution in [0.15, 0.2) is 0 Å². The van der Waals surface area contributed by atoms with Crippen molar-refractivity contribution in [3.05, 3.63) is 0 Å². The van der Waals surface area contributed by atoms with Gasteiger partial charge in [0.1, 0.15) is 0 Å². The predicted molar refractivity (Wildman–Crippen MR) is 17.3 cm³/mol. The zero-order valence-electron chi connectivity index (χ0n) is 2.08. The molecule has 0 aromatic rings. The average Bonchev–Trinajstić information content (AvgIpc) is 0.722. The number of hydrogen-bond acceptors (Lipinski definition) is 2. The molecular formula is HO3STe. The molecule has 5 heavy (non-hydrogen) atoms. The molecule has 0 unspecified atom stereocenters. The van der Waals surface area contributed by atoms with Crippen LogP contribution >= 0.6 is 0 Å². The third-order valence-electron chi connectivity index (χ3n) is 0. The van der Waals surface area contributed by atoms with Crippen molar-refractivity contribution >= 4 is 28.3 Å². The van der Waals surface area contributed by atoms with E-state index in [1.807, 2.05) is 0 Å². The van der Waals surface area contributed by atoms with Gasteiger partial charge in [0.2, 0.25) is 0 Å². The minimum absolute atomic E-state index is 0.652. The Morgan fingerprint density at radius 1 is 1.60 bits per heavy atom. The van der Waals surface area contributed by atoms with Gasteiger partial charge in [-0.1, -0.05) is 0 Å². The molecular weight excluding hydrogens is 208 g/mol. The van der Waals surface area contributed by atoms with Gasteiger partial charge in [-0.3, -0.25) is 0 Å². The molecule has 0 spiro atoms. The average molecular weight is 209 g/mol. The van der Waals surface area contributed by atoms with Crippen LogP contribution in [-0.2, 0) is 7.35 Å². The maximum absolute atomic E-state index is 9.19. The third kappa shape index (κ3) is 70.0. The molecule has 0 atom stereocenters. The SMILES string of the molecule is O=S(=O)(O)[Te]. The summed E-state index contributed by atoms with van der Waals surface area (Å²) in [6.45, 7) is 0. The summed E-state index contributed by atoms with van der Waals surface area (Å²) in [5, 5.41) is 0. The van der Waals surface area contributed by atoms with Gasteiger partial charge in [0, 0.05) is 0 Å². The van der Waals surface area contributed by atoms with Crippen LogP contribution in [0.25, 0.3) is 0 Å². The molecule has 0 saturated carbocycles. The van der Waals surface area contributed by atoms with Crippen molar-refractivity contribution in [2.24, 2.45) is 0 Å². The molecule has 0 aromatic carbocycles. The second-order valence-corrected chi connectivity index (χ2v) is 4.89. The van der Waals surface area contributed by atoms with Crippen LogP contribution in [0.5, 0.6) is 0 Å². The summed E-state index contributed by atoms with van der Waals surface area (Å²) in [4.78, 5) is 0. The van der Waals surface area contributed by atoms with Crippen molar-refractivity contribution in [3.8, 4) is 0 Å². The van der Waals surface area contributed by atoms with Crippen LogP contribution < -0.4 is 0 Å². The van der Waals surface area contributed by atoms with Crippen LogP contribution in [0.3, 0.4) is 0 Å². The van der Waals surface area contributed by atoms with Crippen molar-refractivity contribution in [2.45, 2.75) is 0 Å². The van der Waals surface area contributed by atoms with Crippen molar-refractivity contribution in [2.75, 3.05) is 0 Å². The summed E-state index contributed by atoms with van der Waals surface area (Å²) >= 11 is 0.652. The van der Waals surface area contributed by atoms with E-state index < -0.39 is 7.35 Å². The fraction of sp³-hybridized carbons (Fsp3) is 0. The molecule has 1 radical (unpaired) electrons. The van der Waals surface area contributed by atoms with Crippen LogP contribution in [0.4, 0.5) is 0 Å². The van der Waals surface area contributed by atoms with Crippen molar-refractivity contribution in [3.63, 3.8) is 0 Å². The van der Waals surface area contributed by atoms with Gasteiger partial charge in [0.15, 0.2) is 0 Å². The molecule has 0 bridgehead atoms. The molecule has 0 fully saturated rings. The number of rotatable bonds is 0. The first kappa shape index (κ1) is 5.70. The maximum atomic E-state index is 9.19. The van der Waals surface area contributed by atoms with Gasteiger partial charge >= 0.3 is 41.2 Å². The Hall–Kier alpha value is 0.700. The fourth-order valence-corrected chi connectivity index (χ4v) is 0. The molecule has 0 saturated heterocycles. The van der Waals surface area contributed by atoms with Crippen molar-refractivity contribution < 1.29 is 13.0 Å². The minimum atomic E-state index is -3.66. The van der Waals surface area contributed by atoms with E-state index in [0.717, 1.165) is 0 Å². The molecule has 5 heteroatoms. The second kappa shape index (κ2) is 1.43. The summed E-state index contributed by atoms with van der Waals surface area (Å²) in [6.07, 6.45) is 0.